The van der Waals surface area contributed by atoms with Gasteiger partial charge in [-0.2, -0.15) is 0 Å². The zero-order valence-corrected chi connectivity index (χ0v) is 9.94. The molecule has 1 aliphatic rings. The monoisotopic (exact) mass is 252 g/mol. The van der Waals surface area contributed by atoms with E-state index in [4.69, 9.17) is 28.2 Å². The predicted octanol–water partition coefficient (Wildman–Crippen LogP) is 3.93. The van der Waals surface area contributed by atoms with Crippen LogP contribution in [0.25, 0.3) is 11.5 Å². The Kier molecular flexibility index (Phi) is 2.33. The topological polar surface area (TPSA) is 41.8 Å². The Balaban J connectivity index is 2.10. The minimum Gasteiger partial charge on any atom is -0.409 e. The molecule has 0 amide bonds. The van der Waals surface area contributed by atoms with E-state index >= 15 is 0 Å². The maximum absolute atomic E-state index is 6.12. The molecule has 1 aliphatic carbocycles. The van der Waals surface area contributed by atoms with Gasteiger partial charge in [0.15, 0.2) is 0 Å². The highest BCUT2D eigenvalue weighted by atomic mass is 35.5. The average Bonchev–Trinajstić information content (AvgIpc) is 3.03. The fraction of sp³-hybridized carbons (Fsp3) is 0.273. The fourth-order valence-electron chi connectivity index (χ4n) is 1.72. The number of nitrogens with one attached hydrogen (secondary N) is 1. The Morgan fingerprint density at radius 1 is 1.44 bits per heavy atom. The first-order valence-corrected chi connectivity index (χ1v) is 5.88. The van der Waals surface area contributed by atoms with Crippen molar-refractivity contribution in [2.75, 3.05) is 0 Å². The lowest BCUT2D eigenvalue weighted by molar-refractivity contribution is 0.552. The lowest BCUT2D eigenvalue weighted by atomic mass is 10.1. The van der Waals surface area contributed by atoms with Crippen LogP contribution in [0, 0.1) is 4.84 Å². The number of benzene rings is 1. The van der Waals surface area contributed by atoms with Crippen LogP contribution in [-0.4, -0.2) is 10.2 Å². The van der Waals surface area contributed by atoms with E-state index in [-0.39, 0.29) is 4.84 Å². The summed E-state index contributed by atoms with van der Waals surface area (Å²) >= 11 is 11.0. The third-order valence-corrected chi connectivity index (χ3v) is 3.21. The highest BCUT2D eigenvalue weighted by molar-refractivity contribution is 7.71. The summed E-state index contributed by atoms with van der Waals surface area (Å²) in [6.45, 7) is 0. The second-order valence-corrected chi connectivity index (χ2v) is 4.71. The first-order valence-electron chi connectivity index (χ1n) is 5.09. The quantitative estimate of drug-likeness (QED) is 0.824. The van der Waals surface area contributed by atoms with Gasteiger partial charge >= 0.3 is 0 Å². The second kappa shape index (κ2) is 3.71. The van der Waals surface area contributed by atoms with Crippen LogP contribution in [0.15, 0.2) is 22.6 Å². The minimum absolute atomic E-state index is 0.267. The molecular formula is C11H9ClN2OS. The Morgan fingerprint density at radius 3 is 2.88 bits per heavy atom. The van der Waals surface area contributed by atoms with Crippen molar-refractivity contribution in [2.24, 2.45) is 0 Å². The zero-order chi connectivity index (χ0) is 11.1. The van der Waals surface area contributed by atoms with E-state index in [9.17, 15) is 0 Å². The predicted molar refractivity (Wildman–Crippen MR) is 64.1 cm³/mol. The third kappa shape index (κ3) is 1.79. The van der Waals surface area contributed by atoms with Crippen molar-refractivity contribution in [2.45, 2.75) is 18.8 Å². The smallest absolute Gasteiger partial charge is 0.284 e. The van der Waals surface area contributed by atoms with Crippen molar-refractivity contribution in [3.05, 3.63) is 33.6 Å². The molecule has 1 aromatic carbocycles. The molecule has 82 valence electrons. The van der Waals surface area contributed by atoms with Gasteiger partial charge in [-0.05, 0) is 48.7 Å². The van der Waals surface area contributed by atoms with Crippen LogP contribution in [0.2, 0.25) is 5.02 Å². The van der Waals surface area contributed by atoms with Gasteiger partial charge < -0.3 is 4.42 Å². The van der Waals surface area contributed by atoms with Gasteiger partial charge in [-0.15, -0.1) is 5.10 Å². The third-order valence-electron chi connectivity index (χ3n) is 2.71. The summed E-state index contributed by atoms with van der Waals surface area (Å²) in [4.78, 5) is 0.267. The van der Waals surface area contributed by atoms with Gasteiger partial charge in [0.25, 0.3) is 4.84 Å². The van der Waals surface area contributed by atoms with Crippen LogP contribution in [0.3, 0.4) is 0 Å². The molecule has 0 atom stereocenters. The standard InChI is InChI=1S/C11H9ClN2OS/c12-9-4-3-7(6-1-2-6)5-8(9)10-13-14-11(16)15-10/h3-6H,1-2H2,(H,14,16). The van der Waals surface area contributed by atoms with Crippen LogP contribution in [0.5, 0.6) is 0 Å². The van der Waals surface area contributed by atoms with E-state index in [1.54, 1.807) is 0 Å². The second-order valence-electron chi connectivity index (χ2n) is 3.93. The highest BCUT2D eigenvalue weighted by Crippen LogP contribution is 2.42. The van der Waals surface area contributed by atoms with E-state index in [1.807, 2.05) is 12.1 Å². The minimum atomic E-state index is 0.267. The number of nitrogens with zero attached hydrogens (tertiary/aromatic N) is 1. The normalized spacial score (nSPS) is 15.3. The Morgan fingerprint density at radius 2 is 2.25 bits per heavy atom. The number of rotatable bonds is 2. The van der Waals surface area contributed by atoms with Gasteiger partial charge in [-0.3, -0.25) is 0 Å². The van der Waals surface area contributed by atoms with Gasteiger partial charge in [-0.25, -0.2) is 5.10 Å². The van der Waals surface area contributed by atoms with Gasteiger partial charge in [-0.1, -0.05) is 17.7 Å². The molecule has 1 heterocycles. The molecule has 0 spiro atoms. The number of halogens is 1. The number of hydrogen-bond donors (Lipinski definition) is 1. The lowest BCUT2D eigenvalue weighted by Gasteiger charge is -2.02. The van der Waals surface area contributed by atoms with Crippen molar-refractivity contribution in [3.63, 3.8) is 0 Å². The molecule has 0 unspecified atom stereocenters. The maximum Gasteiger partial charge on any atom is 0.284 e. The summed E-state index contributed by atoms with van der Waals surface area (Å²) in [7, 11) is 0. The summed E-state index contributed by atoms with van der Waals surface area (Å²) in [5, 5.41) is 7.22. The Bertz CT molecular complexity index is 586. The first kappa shape index (κ1) is 10.1. The number of aromatic nitrogens is 2. The fourth-order valence-corrected chi connectivity index (χ4v) is 2.05. The molecular weight excluding hydrogens is 244 g/mol. The van der Waals surface area contributed by atoms with E-state index in [1.165, 1.54) is 18.4 Å². The molecule has 3 nitrogen and oxygen atoms in total. The molecule has 2 aromatic rings. The van der Waals surface area contributed by atoms with Crippen molar-refractivity contribution < 1.29 is 4.42 Å². The molecule has 1 aromatic heterocycles. The SMILES string of the molecule is S=c1[nH]nc(-c2cc(C3CC3)ccc2Cl)o1. The number of hydrogen-bond acceptors (Lipinski definition) is 3. The largest absolute Gasteiger partial charge is 0.409 e. The van der Waals surface area contributed by atoms with E-state index in [0.717, 1.165) is 5.56 Å². The van der Waals surface area contributed by atoms with Gasteiger partial charge in [0, 0.05) is 0 Å². The number of aromatic amines is 1. The highest BCUT2D eigenvalue weighted by Gasteiger charge is 2.24. The zero-order valence-electron chi connectivity index (χ0n) is 8.37. The summed E-state index contributed by atoms with van der Waals surface area (Å²) in [5.74, 6) is 1.13. The Hall–Kier alpha value is -1.13. The lowest BCUT2D eigenvalue weighted by Crippen LogP contribution is -1.84. The Labute approximate surface area is 102 Å². The molecule has 1 saturated carbocycles. The van der Waals surface area contributed by atoms with Gasteiger partial charge in [0.2, 0.25) is 5.89 Å². The van der Waals surface area contributed by atoms with Crippen LogP contribution in [0.1, 0.15) is 24.3 Å². The van der Waals surface area contributed by atoms with E-state index < -0.39 is 0 Å². The molecule has 5 heteroatoms. The van der Waals surface area contributed by atoms with Crippen LogP contribution < -0.4 is 0 Å². The summed E-state index contributed by atoms with van der Waals surface area (Å²) in [6.07, 6.45) is 2.51. The summed E-state index contributed by atoms with van der Waals surface area (Å²) in [5.41, 5.74) is 2.10. The van der Waals surface area contributed by atoms with Crippen molar-refractivity contribution >= 4 is 23.8 Å². The molecule has 3 rings (SSSR count). The van der Waals surface area contributed by atoms with Gasteiger partial charge in [0.1, 0.15) is 0 Å². The summed E-state index contributed by atoms with van der Waals surface area (Å²) in [6, 6.07) is 5.98. The van der Waals surface area contributed by atoms with E-state index in [2.05, 4.69) is 16.3 Å². The first-order chi connectivity index (χ1) is 7.74. The molecule has 0 bridgehead atoms. The summed E-state index contributed by atoms with van der Waals surface area (Å²) < 4.78 is 5.27. The van der Waals surface area contributed by atoms with Crippen LogP contribution >= 0.6 is 23.8 Å². The van der Waals surface area contributed by atoms with Crippen molar-refractivity contribution in [1.82, 2.24) is 10.2 Å². The number of H-pyrrole nitrogens is 1. The molecule has 0 radical (unpaired) electrons. The molecule has 0 saturated heterocycles. The van der Waals surface area contributed by atoms with Crippen LogP contribution in [0.4, 0.5) is 0 Å². The maximum atomic E-state index is 6.12. The van der Waals surface area contributed by atoms with Crippen LogP contribution in [-0.2, 0) is 0 Å². The molecule has 16 heavy (non-hydrogen) atoms. The van der Waals surface area contributed by atoms with Crippen molar-refractivity contribution in [1.29, 1.82) is 0 Å². The van der Waals surface area contributed by atoms with E-state index in [0.29, 0.717) is 16.8 Å². The van der Waals surface area contributed by atoms with Gasteiger partial charge in [0.05, 0.1) is 10.6 Å². The van der Waals surface area contributed by atoms with Crippen molar-refractivity contribution in [3.8, 4) is 11.5 Å². The molecule has 0 aliphatic heterocycles. The molecule has 1 N–H and O–H groups in total. The molecule has 1 fully saturated rings. The average molecular weight is 253 g/mol.